The van der Waals surface area contributed by atoms with Crippen LogP contribution in [0.2, 0.25) is 0 Å². The summed E-state index contributed by atoms with van der Waals surface area (Å²) >= 11 is 2.15. The number of esters is 1. The van der Waals surface area contributed by atoms with Gasteiger partial charge in [0.05, 0.1) is 0 Å². The molecule has 0 saturated carbocycles. The molecule has 0 amide bonds. The molecule has 6 heteroatoms. The van der Waals surface area contributed by atoms with Crippen molar-refractivity contribution in [3.63, 3.8) is 0 Å². The van der Waals surface area contributed by atoms with E-state index in [0.717, 1.165) is 3.57 Å². The van der Waals surface area contributed by atoms with Crippen LogP contribution in [-0.2, 0) is 4.74 Å². The molecular formula is C14H11IN2O3. The van der Waals surface area contributed by atoms with Gasteiger partial charge in [-0.2, -0.15) is 0 Å². The fourth-order valence-electron chi connectivity index (χ4n) is 1.49. The van der Waals surface area contributed by atoms with Crippen molar-refractivity contribution in [2.24, 2.45) is 0 Å². The summed E-state index contributed by atoms with van der Waals surface area (Å²) in [5.41, 5.74) is 0.657. The molecule has 2 aromatic rings. The first-order chi connectivity index (χ1) is 9.56. The lowest BCUT2D eigenvalue weighted by atomic mass is 10.1. The summed E-state index contributed by atoms with van der Waals surface area (Å²) in [6.07, 6.45) is 1.47. The summed E-state index contributed by atoms with van der Waals surface area (Å²) < 4.78 is 5.98. The van der Waals surface area contributed by atoms with E-state index in [1.807, 2.05) is 12.1 Å². The van der Waals surface area contributed by atoms with Crippen molar-refractivity contribution >= 4 is 34.3 Å². The molecule has 1 aromatic heterocycles. The van der Waals surface area contributed by atoms with Crippen LogP contribution in [-0.4, -0.2) is 28.3 Å². The van der Waals surface area contributed by atoms with Crippen LogP contribution < -0.4 is 0 Å². The van der Waals surface area contributed by atoms with Crippen molar-refractivity contribution in [3.05, 3.63) is 57.2 Å². The maximum atomic E-state index is 11.8. The summed E-state index contributed by atoms with van der Waals surface area (Å²) in [6.45, 7) is 1.37. The highest BCUT2D eigenvalue weighted by atomic mass is 127. The third-order valence-corrected chi connectivity index (χ3v) is 3.20. The molecule has 20 heavy (non-hydrogen) atoms. The number of halogens is 1. The first-order valence-corrected chi connectivity index (χ1v) is 6.89. The van der Waals surface area contributed by atoms with E-state index < -0.39 is 5.97 Å². The number of Topliss-reactive ketones (excluding diaryl/α,β-unsaturated/α-hetero) is 1. The summed E-state index contributed by atoms with van der Waals surface area (Å²) in [5.74, 6) is -0.404. The Balaban J connectivity index is 1.96. The standard InChI is InChI=1S/C14H11IN2O3/c1-9-16-7-6-12(17-9)14(19)20-8-13(18)10-2-4-11(15)5-3-10/h2-7H,8H2,1H3. The highest BCUT2D eigenvalue weighted by Crippen LogP contribution is 2.08. The SMILES string of the molecule is Cc1nccc(C(=O)OCC(=O)c2ccc(I)cc2)n1. The van der Waals surface area contributed by atoms with Gasteiger partial charge in [-0.1, -0.05) is 12.1 Å². The number of hydrogen-bond donors (Lipinski definition) is 0. The number of ketones is 1. The summed E-state index contributed by atoms with van der Waals surface area (Å²) in [5, 5.41) is 0. The molecule has 1 aromatic carbocycles. The van der Waals surface area contributed by atoms with E-state index in [9.17, 15) is 9.59 Å². The smallest absolute Gasteiger partial charge is 0.357 e. The highest BCUT2D eigenvalue weighted by Gasteiger charge is 2.13. The molecular weight excluding hydrogens is 371 g/mol. The molecule has 2 rings (SSSR count). The van der Waals surface area contributed by atoms with Crippen LogP contribution in [0.5, 0.6) is 0 Å². The Morgan fingerprint density at radius 3 is 2.55 bits per heavy atom. The largest absolute Gasteiger partial charge is 0.453 e. The number of aryl methyl sites for hydroxylation is 1. The number of rotatable bonds is 4. The normalized spacial score (nSPS) is 10.1. The van der Waals surface area contributed by atoms with Crippen molar-refractivity contribution in [1.29, 1.82) is 0 Å². The maximum absolute atomic E-state index is 11.8. The minimum atomic E-state index is -0.630. The molecule has 1 heterocycles. The number of nitrogens with zero attached hydrogens (tertiary/aromatic N) is 2. The Bertz CT molecular complexity index is 641. The Morgan fingerprint density at radius 2 is 1.90 bits per heavy atom. The molecule has 102 valence electrons. The molecule has 0 radical (unpaired) electrons. The highest BCUT2D eigenvalue weighted by molar-refractivity contribution is 14.1. The molecule has 0 fully saturated rings. The van der Waals surface area contributed by atoms with Crippen LogP contribution in [0.4, 0.5) is 0 Å². The van der Waals surface area contributed by atoms with Gasteiger partial charge in [-0.15, -0.1) is 0 Å². The van der Waals surface area contributed by atoms with Gasteiger partial charge in [-0.05, 0) is 47.7 Å². The molecule has 0 unspecified atom stereocenters. The molecule has 0 bridgehead atoms. The Labute approximate surface area is 129 Å². The third-order valence-electron chi connectivity index (χ3n) is 2.49. The zero-order valence-corrected chi connectivity index (χ0v) is 12.8. The second-order valence-corrected chi connectivity index (χ2v) is 5.24. The number of hydrogen-bond acceptors (Lipinski definition) is 5. The van der Waals surface area contributed by atoms with E-state index in [-0.39, 0.29) is 18.1 Å². The van der Waals surface area contributed by atoms with Gasteiger partial charge >= 0.3 is 5.97 Å². The topological polar surface area (TPSA) is 69.2 Å². The van der Waals surface area contributed by atoms with Gasteiger partial charge in [0.15, 0.2) is 18.1 Å². The minimum Gasteiger partial charge on any atom is -0.453 e. The number of aromatic nitrogens is 2. The van der Waals surface area contributed by atoms with Crippen LogP contribution in [0.15, 0.2) is 36.5 Å². The third kappa shape index (κ3) is 3.83. The van der Waals surface area contributed by atoms with E-state index in [4.69, 9.17) is 4.74 Å². The summed E-state index contributed by atoms with van der Waals surface area (Å²) in [6, 6.07) is 8.50. The first kappa shape index (κ1) is 14.6. The van der Waals surface area contributed by atoms with Crippen molar-refractivity contribution in [2.75, 3.05) is 6.61 Å². The molecule has 5 nitrogen and oxygen atoms in total. The van der Waals surface area contributed by atoms with Gasteiger partial charge in [-0.25, -0.2) is 14.8 Å². The fraction of sp³-hybridized carbons (Fsp3) is 0.143. The zero-order chi connectivity index (χ0) is 14.5. The fourth-order valence-corrected chi connectivity index (χ4v) is 1.85. The van der Waals surface area contributed by atoms with Gasteiger partial charge in [0.1, 0.15) is 5.82 Å². The van der Waals surface area contributed by atoms with Crippen molar-refractivity contribution in [3.8, 4) is 0 Å². The van der Waals surface area contributed by atoms with Gasteiger partial charge in [0, 0.05) is 15.3 Å². The zero-order valence-electron chi connectivity index (χ0n) is 10.7. The van der Waals surface area contributed by atoms with Crippen molar-refractivity contribution in [1.82, 2.24) is 9.97 Å². The lowest BCUT2D eigenvalue weighted by molar-refractivity contribution is 0.0468. The second-order valence-electron chi connectivity index (χ2n) is 4.00. The van der Waals surface area contributed by atoms with Gasteiger partial charge in [0.2, 0.25) is 0 Å². The summed E-state index contributed by atoms with van der Waals surface area (Å²) in [4.78, 5) is 31.4. The summed E-state index contributed by atoms with van der Waals surface area (Å²) in [7, 11) is 0. The number of carbonyl (C=O) groups is 2. The lowest BCUT2D eigenvalue weighted by Crippen LogP contribution is -2.15. The van der Waals surface area contributed by atoms with Gasteiger partial charge in [-0.3, -0.25) is 4.79 Å². The second kappa shape index (κ2) is 6.56. The van der Waals surface area contributed by atoms with Gasteiger partial charge < -0.3 is 4.74 Å². The average Bonchev–Trinajstić information content (AvgIpc) is 2.45. The number of carbonyl (C=O) groups excluding carboxylic acids is 2. The van der Waals surface area contributed by atoms with Crippen molar-refractivity contribution < 1.29 is 14.3 Å². The van der Waals surface area contributed by atoms with Crippen LogP contribution >= 0.6 is 22.6 Å². The lowest BCUT2D eigenvalue weighted by Gasteiger charge is -2.04. The van der Waals surface area contributed by atoms with E-state index in [1.165, 1.54) is 12.3 Å². The van der Waals surface area contributed by atoms with Gasteiger partial charge in [0.25, 0.3) is 0 Å². The Kier molecular flexibility index (Phi) is 4.78. The monoisotopic (exact) mass is 382 g/mol. The molecule has 0 aliphatic carbocycles. The van der Waals surface area contributed by atoms with E-state index in [0.29, 0.717) is 11.4 Å². The molecule has 0 spiro atoms. The van der Waals surface area contributed by atoms with Crippen molar-refractivity contribution in [2.45, 2.75) is 6.92 Å². The predicted octanol–water partition coefficient (Wildman–Crippen LogP) is 2.43. The van der Waals surface area contributed by atoms with E-state index in [1.54, 1.807) is 19.1 Å². The van der Waals surface area contributed by atoms with Crippen LogP contribution in [0.25, 0.3) is 0 Å². The Morgan fingerprint density at radius 1 is 1.20 bits per heavy atom. The molecule has 0 aliphatic rings. The van der Waals surface area contributed by atoms with Crippen LogP contribution in [0, 0.1) is 10.5 Å². The minimum absolute atomic E-state index is 0.146. The van der Waals surface area contributed by atoms with E-state index >= 15 is 0 Å². The Hall–Kier alpha value is -1.83. The number of benzene rings is 1. The van der Waals surface area contributed by atoms with Crippen LogP contribution in [0.1, 0.15) is 26.7 Å². The molecule has 0 aliphatic heterocycles. The number of ether oxygens (including phenoxy) is 1. The molecule has 0 N–H and O–H groups in total. The maximum Gasteiger partial charge on any atom is 0.357 e. The quantitative estimate of drug-likeness (QED) is 0.462. The first-order valence-electron chi connectivity index (χ1n) is 5.82. The average molecular weight is 382 g/mol. The van der Waals surface area contributed by atoms with E-state index in [2.05, 4.69) is 32.6 Å². The van der Waals surface area contributed by atoms with Crippen LogP contribution in [0.3, 0.4) is 0 Å². The molecule has 0 saturated heterocycles. The predicted molar refractivity (Wildman–Crippen MR) is 80.5 cm³/mol. The molecule has 0 atom stereocenters.